The molecule has 0 spiro atoms. The molecule has 0 saturated carbocycles. The summed E-state index contributed by atoms with van der Waals surface area (Å²) < 4.78 is 4.62. The van der Waals surface area contributed by atoms with Gasteiger partial charge in [0.25, 0.3) is 5.91 Å². The monoisotopic (exact) mass is 298 g/mol. The number of methoxy groups -OCH3 is 1. The lowest BCUT2D eigenvalue weighted by Gasteiger charge is -2.17. The van der Waals surface area contributed by atoms with Crippen LogP contribution in [0.25, 0.3) is 0 Å². The Balaban J connectivity index is 2.97. The number of H-pyrrole nitrogens is 1. The maximum atomic E-state index is 12.1. The van der Waals surface area contributed by atoms with Crippen molar-refractivity contribution in [3.63, 3.8) is 0 Å². The summed E-state index contributed by atoms with van der Waals surface area (Å²) in [7, 11) is 1.21. The zero-order valence-electron chi connectivity index (χ0n) is 12.3. The van der Waals surface area contributed by atoms with Crippen molar-refractivity contribution in [3.05, 3.63) is 21.5 Å². The molecule has 0 aliphatic heterocycles. The largest absolute Gasteiger partial charge is 0.467 e. The number of ether oxygens (including phenoxy) is 1. The number of rotatable bonds is 6. The van der Waals surface area contributed by atoms with E-state index in [0.29, 0.717) is 6.42 Å². The Labute approximate surface area is 121 Å². The number of amides is 1. The van der Waals surface area contributed by atoms with Gasteiger partial charge in [0.1, 0.15) is 11.7 Å². The number of nitrogens with zero attached hydrogens (tertiary/aromatic N) is 2. The molecule has 9 nitrogen and oxygen atoms in total. The standard InChI is InChI=1S/C12H18N4O5/c1-6(2)5-8(12(18)21-4)13-11(17)9-10(16(19)20)7(3)14-15-9/h6,8H,5H2,1-4H3,(H,13,17)(H,14,15). The van der Waals surface area contributed by atoms with Gasteiger partial charge in [0, 0.05) is 0 Å². The van der Waals surface area contributed by atoms with Crippen molar-refractivity contribution in [1.29, 1.82) is 0 Å². The minimum absolute atomic E-state index is 0.130. The average Bonchev–Trinajstić information content (AvgIpc) is 2.78. The fourth-order valence-electron chi connectivity index (χ4n) is 1.86. The summed E-state index contributed by atoms with van der Waals surface area (Å²) in [4.78, 5) is 34.0. The first-order valence-corrected chi connectivity index (χ1v) is 6.36. The van der Waals surface area contributed by atoms with Crippen LogP contribution in [0.2, 0.25) is 0 Å². The highest BCUT2D eigenvalue weighted by Crippen LogP contribution is 2.20. The number of nitro groups is 1. The molecule has 1 aromatic rings. The highest BCUT2D eigenvalue weighted by Gasteiger charge is 2.30. The molecule has 9 heteroatoms. The van der Waals surface area contributed by atoms with Gasteiger partial charge in [-0.1, -0.05) is 13.8 Å². The van der Waals surface area contributed by atoms with E-state index < -0.39 is 28.5 Å². The molecular formula is C12H18N4O5. The molecule has 0 radical (unpaired) electrons. The Bertz CT molecular complexity index is 552. The summed E-state index contributed by atoms with van der Waals surface area (Å²) in [5, 5.41) is 19.4. The lowest BCUT2D eigenvalue weighted by molar-refractivity contribution is -0.385. The summed E-state index contributed by atoms with van der Waals surface area (Å²) in [5.41, 5.74) is -0.584. The van der Waals surface area contributed by atoms with Gasteiger partial charge in [0.05, 0.1) is 12.0 Å². The second-order valence-electron chi connectivity index (χ2n) is 4.98. The van der Waals surface area contributed by atoms with Gasteiger partial charge in [0.15, 0.2) is 0 Å². The summed E-state index contributed by atoms with van der Waals surface area (Å²) in [6, 6.07) is -0.876. The first-order chi connectivity index (χ1) is 9.77. The van der Waals surface area contributed by atoms with Gasteiger partial charge in [-0.2, -0.15) is 5.10 Å². The van der Waals surface area contributed by atoms with Gasteiger partial charge >= 0.3 is 11.7 Å². The predicted molar refractivity (Wildman–Crippen MR) is 72.7 cm³/mol. The van der Waals surface area contributed by atoms with Crippen molar-refractivity contribution in [1.82, 2.24) is 15.5 Å². The summed E-state index contributed by atoms with van der Waals surface area (Å²) in [6.07, 6.45) is 0.357. The van der Waals surface area contributed by atoms with E-state index in [4.69, 9.17) is 0 Å². The van der Waals surface area contributed by atoms with Gasteiger partial charge in [-0.3, -0.25) is 20.0 Å². The molecule has 0 saturated heterocycles. The van der Waals surface area contributed by atoms with E-state index in [1.54, 1.807) is 0 Å². The average molecular weight is 298 g/mol. The number of esters is 1. The van der Waals surface area contributed by atoms with Gasteiger partial charge in [0.2, 0.25) is 5.69 Å². The highest BCUT2D eigenvalue weighted by atomic mass is 16.6. The lowest BCUT2D eigenvalue weighted by Crippen LogP contribution is -2.42. The molecule has 0 aliphatic rings. The first kappa shape index (κ1) is 16.6. The molecule has 1 atom stereocenters. The number of aromatic amines is 1. The minimum atomic E-state index is -0.876. The van der Waals surface area contributed by atoms with E-state index in [1.807, 2.05) is 13.8 Å². The van der Waals surface area contributed by atoms with Crippen LogP contribution in [0.4, 0.5) is 5.69 Å². The van der Waals surface area contributed by atoms with Crippen molar-refractivity contribution < 1.29 is 19.2 Å². The molecular weight excluding hydrogens is 280 g/mol. The number of nitrogens with one attached hydrogen (secondary N) is 2. The van der Waals surface area contributed by atoms with E-state index in [2.05, 4.69) is 20.3 Å². The van der Waals surface area contributed by atoms with Crippen LogP contribution in [0, 0.1) is 23.0 Å². The van der Waals surface area contributed by atoms with Gasteiger partial charge in [-0.05, 0) is 19.3 Å². The smallest absolute Gasteiger partial charge is 0.328 e. The fraction of sp³-hybridized carbons (Fsp3) is 0.583. The second-order valence-corrected chi connectivity index (χ2v) is 4.98. The summed E-state index contributed by atoms with van der Waals surface area (Å²) in [6.45, 7) is 5.19. The molecule has 0 fully saturated rings. The van der Waals surface area contributed by atoms with Crippen LogP contribution >= 0.6 is 0 Å². The molecule has 0 bridgehead atoms. The Hall–Kier alpha value is -2.45. The van der Waals surface area contributed by atoms with E-state index in [0.717, 1.165) is 0 Å². The molecule has 1 amide bonds. The van der Waals surface area contributed by atoms with E-state index in [9.17, 15) is 19.7 Å². The number of hydrogen-bond donors (Lipinski definition) is 2. The van der Waals surface area contributed by atoms with Crippen molar-refractivity contribution in [2.75, 3.05) is 7.11 Å². The highest BCUT2D eigenvalue weighted by molar-refractivity contribution is 5.98. The third-order valence-corrected chi connectivity index (χ3v) is 2.81. The van der Waals surface area contributed by atoms with E-state index >= 15 is 0 Å². The summed E-state index contributed by atoms with van der Waals surface area (Å²) in [5.74, 6) is -1.26. The molecule has 1 aromatic heterocycles. The minimum Gasteiger partial charge on any atom is -0.467 e. The molecule has 1 rings (SSSR count). The number of carbonyl (C=O) groups is 2. The molecule has 0 aliphatic carbocycles. The zero-order chi connectivity index (χ0) is 16.2. The lowest BCUT2D eigenvalue weighted by atomic mass is 10.0. The Kier molecular flexibility index (Phi) is 5.39. The maximum absolute atomic E-state index is 12.1. The Morgan fingerprint density at radius 3 is 2.57 bits per heavy atom. The first-order valence-electron chi connectivity index (χ1n) is 6.36. The topological polar surface area (TPSA) is 127 Å². The number of carbonyl (C=O) groups excluding carboxylic acids is 2. The van der Waals surface area contributed by atoms with Crippen LogP contribution in [0.3, 0.4) is 0 Å². The van der Waals surface area contributed by atoms with Crippen molar-refractivity contribution in [2.45, 2.75) is 33.2 Å². The Morgan fingerprint density at radius 2 is 2.10 bits per heavy atom. The molecule has 21 heavy (non-hydrogen) atoms. The van der Waals surface area contributed by atoms with Gasteiger partial charge < -0.3 is 10.1 Å². The van der Waals surface area contributed by atoms with Crippen LogP contribution in [-0.4, -0.2) is 40.1 Å². The van der Waals surface area contributed by atoms with Gasteiger partial charge in [-0.15, -0.1) is 0 Å². The summed E-state index contributed by atoms with van der Waals surface area (Å²) >= 11 is 0. The molecule has 0 aromatic carbocycles. The van der Waals surface area contributed by atoms with Crippen molar-refractivity contribution in [3.8, 4) is 0 Å². The van der Waals surface area contributed by atoms with E-state index in [-0.39, 0.29) is 17.3 Å². The predicted octanol–water partition coefficient (Wildman–Crippen LogP) is 0.944. The van der Waals surface area contributed by atoms with Crippen LogP contribution < -0.4 is 5.32 Å². The van der Waals surface area contributed by atoms with Crippen LogP contribution in [0.5, 0.6) is 0 Å². The number of aromatic nitrogens is 2. The number of hydrogen-bond acceptors (Lipinski definition) is 6. The van der Waals surface area contributed by atoms with Crippen LogP contribution in [0.1, 0.15) is 36.5 Å². The maximum Gasteiger partial charge on any atom is 0.328 e. The quantitative estimate of drug-likeness (QED) is 0.457. The van der Waals surface area contributed by atoms with Crippen LogP contribution in [-0.2, 0) is 9.53 Å². The second kappa shape index (κ2) is 6.82. The van der Waals surface area contributed by atoms with E-state index in [1.165, 1.54) is 14.0 Å². The molecule has 1 unspecified atom stereocenters. The zero-order valence-corrected chi connectivity index (χ0v) is 12.3. The molecule has 1 heterocycles. The third kappa shape index (κ3) is 4.01. The SMILES string of the molecule is COC(=O)C(CC(C)C)NC(=O)c1n[nH]c(C)c1[N+](=O)[O-]. The molecule has 2 N–H and O–H groups in total. The fourth-order valence-corrected chi connectivity index (χ4v) is 1.86. The normalized spacial score (nSPS) is 12.0. The number of aryl methyl sites for hydroxylation is 1. The van der Waals surface area contributed by atoms with Gasteiger partial charge in [-0.25, -0.2) is 4.79 Å². The Morgan fingerprint density at radius 1 is 1.48 bits per heavy atom. The molecule has 116 valence electrons. The van der Waals surface area contributed by atoms with Crippen LogP contribution in [0.15, 0.2) is 0 Å². The third-order valence-electron chi connectivity index (χ3n) is 2.81. The van der Waals surface area contributed by atoms with Crippen molar-refractivity contribution in [2.24, 2.45) is 5.92 Å². The van der Waals surface area contributed by atoms with Crippen molar-refractivity contribution >= 4 is 17.6 Å².